The molecule has 1 atom stereocenters. The van der Waals surface area contributed by atoms with Crippen LogP contribution in [0.5, 0.6) is 0 Å². The second kappa shape index (κ2) is 4.61. The highest BCUT2D eigenvalue weighted by Gasteiger charge is 1.93. The molecule has 0 aliphatic heterocycles. The van der Waals surface area contributed by atoms with Gasteiger partial charge in [0.25, 0.3) is 0 Å². The van der Waals surface area contributed by atoms with E-state index in [1.54, 1.807) is 6.92 Å². The number of hydrogen-bond acceptors (Lipinski definition) is 2. The summed E-state index contributed by atoms with van der Waals surface area (Å²) in [6, 6.07) is 1.98. The van der Waals surface area contributed by atoms with E-state index in [1.807, 2.05) is 13.0 Å². The summed E-state index contributed by atoms with van der Waals surface area (Å²) in [6.45, 7) is 4.45. The second-order valence-corrected chi connectivity index (χ2v) is 1.64. The van der Waals surface area contributed by atoms with Gasteiger partial charge < -0.3 is 4.74 Å². The van der Waals surface area contributed by atoms with E-state index < -0.39 is 0 Å². The minimum absolute atomic E-state index is 0.241. The third kappa shape index (κ3) is 3.63. The average Bonchev–Trinajstić information content (AvgIpc) is 1.83. The average molecular weight is 113 g/mol. The first-order chi connectivity index (χ1) is 3.81. The lowest BCUT2D eigenvalue weighted by molar-refractivity contribution is 0.103. The molecule has 0 spiro atoms. The van der Waals surface area contributed by atoms with Crippen LogP contribution in [-0.2, 0) is 4.74 Å². The molecule has 46 valence electrons. The normalized spacial score (nSPS) is 12.6. The maximum absolute atomic E-state index is 8.19. The molecule has 8 heavy (non-hydrogen) atoms. The molecule has 0 rings (SSSR count). The zero-order valence-electron chi connectivity index (χ0n) is 5.35. The van der Waals surface area contributed by atoms with Crippen LogP contribution in [0.15, 0.2) is 0 Å². The molecule has 0 aromatic rings. The van der Waals surface area contributed by atoms with Crippen molar-refractivity contribution in [1.82, 2.24) is 0 Å². The van der Waals surface area contributed by atoms with Crippen LogP contribution in [0.25, 0.3) is 0 Å². The molecule has 0 amide bonds. The molecule has 0 fully saturated rings. The fourth-order valence-electron chi connectivity index (χ4n) is 0.332. The van der Waals surface area contributed by atoms with Crippen LogP contribution in [0.4, 0.5) is 0 Å². The van der Waals surface area contributed by atoms with E-state index in [0.717, 1.165) is 6.42 Å². The number of nitriles is 1. The molecule has 2 heteroatoms. The molecule has 0 aliphatic carbocycles. The first kappa shape index (κ1) is 7.45. The molecular weight excluding hydrogens is 102 g/mol. The minimum Gasteiger partial charge on any atom is -0.364 e. The summed E-state index contributed by atoms with van der Waals surface area (Å²) in [4.78, 5) is 0. The Bertz CT molecular complexity index is 85.0. The molecule has 0 N–H and O–H groups in total. The Balaban J connectivity index is 3.02. The highest BCUT2D eigenvalue weighted by Crippen LogP contribution is 1.87. The Hall–Kier alpha value is -0.550. The first-order valence-corrected chi connectivity index (χ1v) is 2.82. The Morgan fingerprint density at radius 3 is 2.75 bits per heavy atom. The van der Waals surface area contributed by atoms with Crippen molar-refractivity contribution in [3.8, 4) is 6.07 Å². The molecule has 0 aliphatic rings. The van der Waals surface area contributed by atoms with Crippen molar-refractivity contribution < 1.29 is 4.74 Å². The van der Waals surface area contributed by atoms with Crippen LogP contribution in [0.3, 0.4) is 0 Å². The lowest BCUT2D eigenvalue weighted by atomic mass is 10.4. The number of rotatable bonds is 3. The van der Waals surface area contributed by atoms with Crippen LogP contribution >= 0.6 is 0 Å². The summed E-state index contributed by atoms with van der Waals surface area (Å²) >= 11 is 0. The summed E-state index contributed by atoms with van der Waals surface area (Å²) in [5.74, 6) is 0. The smallest absolute Gasteiger partial charge is 0.141 e. The zero-order valence-corrected chi connectivity index (χ0v) is 5.35. The standard InChI is InChI=1S/C6H11NO/c1-3-4-8-6(2)5-7/h6H,3-4H2,1-2H3. The zero-order chi connectivity index (χ0) is 6.41. The fraction of sp³-hybridized carbons (Fsp3) is 0.833. The molecule has 0 aromatic carbocycles. The van der Waals surface area contributed by atoms with Gasteiger partial charge in [0, 0.05) is 6.61 Å². The van der Waals surface area contributed by atoms with Crippen molar-refractivity contribution in [2.24, 2.45) is 0 Å². The van der Waals surface area contributed by atoms with Crippen LogP contribution in [0.2, 0.25) is 0 Å². The van der Waals surface area contributed by atoms with Gasteiger partial charge >= 0.3 is 0 Å². The van der Waals surface area contributed by atoms with Gasteiger partial charge in [-0.25, -0.2) is 0 Å². The van der Waals surface area contributed by atoms with Gasteiger partial charge in [0.15, 0.2) is 0 Å². The van der Waals surface area contributed by atoms with Crippen molar-refractivity contribution in [3.63, 3.8) is 0 Å². The van der Waals surface area contributed by atoms with E-state index in [4.69, 9.17) is 10.00 Å². The van der Waals surface area contributed by atoms with Crippen molar-refractivity contribution in [1.29, 1.82) is 5.26 Å². The summed E-state index contributed by atoms with van der Waals surface area (Å²) in [5, 5.41) is 8.19. The van der Waals surface area contributed by atoms with Gasteiger partial charge in [-0.3, -0.25) is 0 Å². The van der Waals surface area contributed by atoms with Gasteiger partial charge in [0.2, 0.25) is 0 Å². The van der Waals surface area contributed by atoms with Gasteiger partial charge in [0.05, 0.1) is 6.07 Å². The van der Waals surface area contributed by atoms with Gasteiger partial charge in [-0.1, -0.05) is 6.92 Å². The summed E-state index contributed by atoms with van der Waals surface area (Å²) in [7, 11) is 0. The molecular formula is C6H11NO. The third-order valence-electron chi connectivity index (χ3n) is 0.754. The van der Waals surface area contributed by atoms with Gasteiger partial charge in [0.1, 0.15) is 6.10 Å². The molecule has 1 unspecified atom stereocenters. The topological polar surface area (TPSA) is 33.0 Å². The van der Waals surface area contributed by atoms with E-state index in [0.29, 0.717) is 6.61 Å². The first-order valence-electron chi connectivity index (χ1n) is 2.82. The van der Waals surface area contributed by atoms with Gasteiger partial charge in [-0.2, -0.15) is 5.26 Å². The van der Waals surface area contributed by atoms with E-state index in [9.17, 15) is 0 Å². The quantitative estimate of drug-likeness (QED) is 0.553. The van der Waals surface area contributed by atoms with Crippen LogP contribution in [0.1, 0.15) is 20.3 Å². The third-order valence-corrected chi connectivity index (χ3v) is 0.754. The van der Waals surface area contributed by atoms with E-state index >= 15 is 0 Å². The van der Waals surface area contributed by atoms with Crippen molar-refractivity contribution in [3.05, 3.63) is 0 Å². The Labute approximate surface area is 50.1 Å². The van der Waals surface area contributed by atoms with Crippen molar-refractivity contribution in [2.45, 2.75) is 26.4 Å². The lowest BCUT2D eigenvalue weighted by Gasteiger charge is -2.00. The number of nitrogens with zero attached hydrogens (tertiary/aromatic N) is 1. The lowest BCUT2D eigenvalue weighted by Crippen LogP contribution is -2.04. The maximum Gasteiger partial charge on any atom is 0.141 e. The SMILES string of the molecule is CCCOC(C)C#N. The van der Waals surface area contributed by atoms with Crippen LogP contribution in [-0.4, -0.2) is 12.7 Å². The summed E-state index contributed by atoms with van der Waals surface area (Å²) < 4.78 is 4.98. The molecule has 0 saturated carbocycles. The largest absolute Gasteiger partial charge is 0.364 e. The fourth-order valence-corrected chi connectivity index (χ4v) is 0.332. The summed E-state index contributed by atoms with van der Waals surface area (Å²) in [5.41, 5.74) is 0. The Kier molecular flexibility index (Phi) is 4.29. The predicted molar refractivity (Wildman–Crippen MR) is 31.3 cm³/mol. The van der Waals surface area contributed by atoms with Crippen LogP contribution in [0, 0.1) is 11.3 Å². The van der Waals surface area contributed by atoms with Crippen molar-refractivity contribution >= 4 is 0 Å². The second-order valence-electron chi connectivity index (χ2n) is 1.64. The van der Waals surface area contributed by atoms with Crippen LogP contribution < -0.4 is 0 Å². The molecule has 0 bridgehead atoms. The Morgan fingerprint density at radius 2 is 2.38 bits per heavy atom. The number of hydrogen-bond donors (Lipinski definition) is 0. The summed E-state index contributed by atoms with van der Waals surface area (Å²) in [6.07, 6.45) is 0.737. The molecule has 0 saturated heterocycles. The van der Waals surface area contributed by atoms with E-state index in [-0.39, 0.29) is 6.10 Å². The van der Waals surface area contributed by atoms with Gasteiger partial charge in [-0.05, 0) is 13.3 Å². The monoisotopic (exact) mass is 113 g/mol. The molecule has 2 nitrogen and oxygen atoms in total. The molecule has 0 radical (unpaired) electrons. The molecule has 0 aromatic heterocycles. The maximum atomic E-state index is 8.19. The predicted octanol–water partition coefficient (Wildman–Crippen LogP) is 1.33. The highest BCUT2D eigenvalue weighted by atomic mass is 16.5. The van der Waals surface area contributed by atoms with E-state index in [2.05, 4.69) is 0 Å². The van der Waals surface area contributed by atoms with Gasteiger partial charge in [-0.15, -0.1) is 0 Å². The van der Waals surface area contributed by atoms with E-state index in [1.165, 1.54) is 0 Å². The highest BCUT2D eigenvalue weighted by molar-refractivity contribution is 4.78. The van der Waals surface area contributed by atoms with Crippen molar-refractivity contribution in [2.75, 3.05) is 6.61 Å². The minimum atomic E-state index is -0.241. The number of ether oxygens (including phenoxy) is 1. The Morgan fingerprint density at radius 1 is 1.75 bits per heavy atom. The molecule has 0 heterocycles.